The standard InChI is InChI=1S/C25H31FO8/c1-4-15-5-7-16(8-6-15)9-18-19(26)10-17(12-32-14(3)28)11-20(18)33-25-23(31)21(29)22(30)24(34-25)13(2)27/h5-8,10-11,13,21-25,27,29-31H,4,9,12H2,1-3H3/t13-,21+,22+,23-,24-,25-/m1/s1. The molecule has 2 aromatic carbocycles. The molecule has 3 rings (SSSR count). The van der Waals surface area contributed by atoms with E-state index in [0.717, 1.165) is 17.5 Å². The van der Waals surface area contributed by atoms with Crippen LogP contribution < -0.4 is 4.74 Å². The first kappa shape index (κ1) is 26.1. The van der Waals surface area contributed by atoms with Crippen molar-refractivity contribution >= 4 is 5.97 Å². The van der Waals surface area contributed by atoms with Crippen LogP contribution in [0.15, 0.2) is 36.4 Å². The Morgan fingerprint density at radius 2 is 1.71 bits per heavy atom. The Labute approximate surface area is 197 Å². The molecule has 9 heteroatoms. The summed E-state index contributed by atoms with van der Waals surface area (Å²) in [5, 5.41) is 40.6. The van der Waals surface area contributed by atoms with Gasteiger partial charge in [0.15, 0.2) is 0 Å². The van der Waals surface area contributed by atoms with E-state index in [-0.39, 0.29) is 24.3 Å². The minimum atomic E-state index is -1.66. The number of carbonyl (C=O) groups is 1. The molecule has 0 aliphatic carbocycles. The zero-order chi connectivity index (χ0) is 25.0. The van der Waals surface area contributed by atoms with E-state index in [0.29, 0.717) is 5.56 Å². The number of hydrogen-bond donors (Lipinski definition) is 4. The van der Waals surface area contributed by atoms with Gasteiger partial charge < -0.3 is 34.6 Å². The highest BCUT2D eigenvalue weighted by molar-refractivity contribution is 5.66. The Bertz CT molecular complexity index is 978. The Hall–Kier alpha value is -2.56. The van der Waals surface area contributed by atoms with Gasteiger partial charge in [-0.2, -0.15) is 0 Å². The summed E-state index contributed by atoms with van der Waals surface area (Å²) in [6.45, 7) is 4.43. The lowest BCUT2D eigenvalue weighted by Gasteiger charge is -2.41. The molecule has 0 unspecified atom stereocenters. The van der Waals surface area contributed by atoms with Crippen LogP contribution >= 0.6 is 0 Å². The summed E-state index contributed by atoms with van der Waals surface area (Å²) in [6, 6.07) is 10.4. The second-order valence-corrected chi connectivity index (χ2v) is 8.48. The fourth-order valence-corrected chi connectivity index (χ4v) is 3.80. The molecule has 6 atom stereocenters. The van der Waals surface area contributed by atoms with E-state index in [1.165, 1.54) is 26.0 Å². The zero-order valence-corrected chi connectivity index (χ0v) is 19.3. The monoisotopic (exact) mass is 478 g/mol. The highest BCUT2D eigenvalue weighted by atomic mass is 19.1. The molecule has 1 heterocycles. The normalized spacial score (nSPS) is 25.6. The average Bonchev–Trinajstić information content (AvgIpc) is 2.80. The molecule has 186 valence electrons. The first-order valence-electron chi connectivity index (χ1n) is 11.2. The lowest BCUT2D eigenvalue weighted by molar-refractivity contribution is -0.286. The predicted octanol–water partition coefficient (Wildman–Crippen LogP) is 1.61. The summed E-state index contributed by atoms with van der Waals surface area (Å²) >= 11 is 0. The molecule has 0 bridgehead atoms. The van der Waals surface area contributed by atoms with Gasteiger partial charge >= 0.3 is 5.97 Å². The van der Waals surface area contributed by atoms with Crippen molar-refractivity contribution in [1.82, 2.24) is 0 Å². The number of aliphatic hydroxyl groups excluding tert-OH is 4. The van der Waals surface area contributed by atoms with Crippen molar-refractivity contribution in [3.63, 3.8) is 0 Å². The number of benzene rings is 2. The lowest BCUT2D eigenvalue weighted by atomic mass is 9.96. The second-order valence-electron chi connectivity index (χ2n) is 8.48. The van der Waals surface area contributed by atoms with Crippen LogP contribution in [0.25, 0.3) is 0 Å². The zero-order valence-electron chi connectivity index (χ0n) is 19.3. The quantitative estimate of drug-likeness (QED) is 0.422. The van der Waals surface area contributed by atoms with Crippen LogP contribution in [0.4, 0.5) is 4.39 Å². The molecule has 2 aromatic rings. The summed E-state index contributed by atoms with van der Waals surface area (Å²) < 4.78 is 31.5. The smallest absolute Gasteiger partial charge is 0.302 e. The van der Waals surface area contributed by atoms with Gasteiger partial charge in [0, 0.05) is 18.9 Å². The van der Waals surface area contributed by atoms with Crippen molar-refractivity contribution in [1.29, 1.82) is 0 Å². The molecule has 0 radical (unpaired) electrons. The largest absolute Gasteiger partial charge is 0.462 e. The first-order valence-corrected chi connectivity index (χ1v) is 11.2. The number of aliphatic hydroxyl groups is 4. The number of esters is 1. The molecule has 1 fully saturated rings. The maximum atomic E-state index is 15.2. The first-order chi connectivity index (χ1) is 16.1. The van der Waals surface area contributed by atoms with Crippen LogP contribution in [-0.2, 0) is 33.7 Å². The number of halogens is 1. The number of ether oxygens (including phenoxy) is 3. The minimum absolute atomic E-state index is 0.0127. The number of carbonyl (C=O) groups excluding carboxylic acids is 1. The van der Waals surface area contributed by atoms with Gasteiger partial charge in [-0.15, -0.1) is 0 Å². The summed E-state index contributed by atoms with van der Waals surface area (Å²) in [5.74, 6) is -1.14. The van der Waals surface area contributed by atoms with Gasteiger partial charge in [0.05, 0.1) is 6.10 Å². The van der Waals surface area contributed by atoms with E-state index in [2.05, 4.69) is 0 Å². The molecular weight excluding hydrogens is 447 g/mol. The van der Waals surface area contributed by atoms with Gasteiger partial charge in [-0.1, -0.05) is 31.2 Å². The van der Waals surface area contributed by atoms with E-state index in [1.54, 1.807) is 0 Å². The van der Waals surface area contributed by atoms with Crippen molar-refractivity contribution in [2.24, 2.45) is 0 Å². The minimum Gasteiger partial charge on any atom is -0.462 e. The molecule has 1 aliphatic rings. The molecular formula is C25H31FO8. The number of rotatable bonds is 8. The molecule has 8 nitrogen and oxygen atoms in total. The second kappa shape index (κ2) is 11.2. The van der Waals surface area contributed by atoms with Gasteiger partial charge in [0.1, 0.15) is 42.6 Å². The third-order valence-corrected chi connectivity index (χ3v) is 5.79. The van der Waals surface area contributed by atoms with Crippen molar-refractivity contribution in [2.75, 3.05) is 0 Å². The number of hydrogen-bond acceptors (Lipinski definition) is 8. The molecule has 0 spiro atoms. The van der Waals surface area contributed by atoms with E-state index < -0.39 is 48.6 Å². The molecule has 1 saturated heterocycles. The maximum absolute atomic E-state index is 15.2. The Morgan fingerprint density at radius 1 is 1.06 bits per heavy atom. The van der Waals surface area contributed by atoms with Crippen LogP contribution in [0.3, 0.4) is 0 Å². The van der Waals surface area contributed by atoms with Gasteiger partial charge in [0.25, 0.3) is 0 Å². The van der Waals surface area contributed by atoms with Crippen LogP contribution in [0.2, 0.25) is 0 Å². The van der Waals surface area contributed by atoms with Gasteiger partial charge in [-0.05, 0) is 42.2 Å². The van der Waals surface area contributed by atoms with E-state index >= 15 is 4.39 Å². The van der Waals surface area contributed by atoms with E-state index in [1.807, 2.05) is 31.2 Å². The van der Waals surface area contributed by atoms with Gasteiger partial charge in [0.2, 0.25) is 6.29 Å². The van der Waals surface area contributed by atoms with Crippen molar-refractivity contribution in [3.05, 3.63) is 64.5 Å². The summed E-state index contributed by atoms with van der Waals surface area (Å²) in [5.41, 5.74) is 2.43. The van der Waals surface area contributed by atoms with Gasteiger partial charge in [-0.25, -0.2) is 4.39 Å². The molecule has 0 amide bonds. The fraction of sp³-hybridized carbons (Fsp3) is 0.480. The van der Waals surface area contributed by atoms with E-state index in [4.69, 9.17) is 14.2 Å². The highest BCUT2D eigenvalue weighted by Crippen LogP contribution is 2.32. The number of aryl methyl sites for hydroxylation is 1. The summed E-state index contributed by atoms with van der Waals surface area (Å²) in [6.07, 6.45) is -7.74. The van der Waals surface area contributed by atoms with Crippen LogP contribution in [-0.4, -0.2) is 63.2 Å². The average molecular weight is 479 g/mol. The molecule has 4 N–H and O–H groups in total. The lowest BCUT2D eigenvalue weighted by Crippen LogP contribution is -2.61. The van der Waals surface area contributed by atoms with Crippen LogP contribution in [0, 0.1) is 5.82 Å². The topological polar surface area (TPSA) is 126 Å². The molecule has 0 saturated carbocycles. The van der Waals surface area contributed by atoms with E-state index in [9.17, 15) is 25.2 Å². The Balaban J connectivity index is 1.95. The summed E-state index contributed by atoms with van der Waals surface area (Å²) in [7, 11) is 0. The summed E-state index contributed by atoms with van der Waals surface area (Å²) in [4.78, 5) is 11.2. The highest BCUT2D eigenvalue weighted by Gasteiger charge is 2.46. The van der Waals surface area contributed by atoms with Crippen LogP contribution in [0.1, 0.15) is 43.0 Å². The van der Waals surface area contributed by atoms with Crippen molar-refractivity contribution in [3.8, 4) is 5.75 Å². The Morgan fingerprint density at radius 3 is 2.29 bits per heavy atom. The third kappa shape index (κ3) is 6.11. The molecule has 0 aromatic heterocycles. The Kier molecular flexibility index (Phi) is 8.62. The SMILES string of the molecule is CCc1ccc(Cc2c(F)cc(COC(C)=O)cc2O[C@@H]2O[C@H]([C@@H](C)O)[C@@H](O)[C@H](O)[C@H]2O)cc1. The van der Waals surface area contributed by atoms with Crippen molar-refractivity contribution < 1.29 is 43.8 Å². The van der Waals surface area contributed by atoms with Crippen molar-refractivity contribution in [2.45, 2.75) is 77.0 Å². The van der Waals surface area contributed by atoms with Gasteiger partial charge in [-0.3, -0.25) is 4.79 Å². The predicted molar refractivity (Wildman–Crippen MR) is 119 cm³/mol. The fourth-order valence-electron chi connectivity index (χ4n) is 3.80. The van der Waals surface area contributed by atoms with Crippen LogP contribution in [0.5, 0.6) is 5.75 Å². The maximum Gasteiger partial charge on any atom is 0.302 e. The molecule has 1 aliphatic heterocycles. The molecule has 34 heavy (non-hydrogen) atoms. The third-order valence-electron chi connectivity index (χ3n) is 5.79.